The first kappa shape index (κ1) is 26.5. The van der Waals surface area contributed by atoms with Gasteiger partial charge in [-0.1, -0.05) is 83.9 Å². The summed E-state index contributed by atoms with van der Waals surface area (Å²) in [5.74, 6) is 0.0715. The zero-order chi connectivity index (χ0) is 26.4. The third kappa shape index (κ3) is 6.79. The number of hydrogen-bond acceptors (Lipinski definition) is 3. The fourth-order valence-electron chi connectivity index (χ4n) is 3.97. The van der Waals surface area contributed by atoms with Crippen LogP contribution in [0.25, 0.3) is 16.9 Å². The van der Waals surface area contributed by atoms with Crippen LogP contribution in [-0.2, 0) is 16.0 Å². The van der Waals surface area contributed by atoms with Crippen LogP contribution in [0.1, 0.15) is 25.8 Å². The maximum Gasteiger partial charge on any atom is 0.245 e. The maximum absolute atomic E-state index is 13.2. The molecular formula is C29H28Cl2N4O2. The molecule has 0 spiro atoms. The molecule has 4 aromatic rings. The number of aromatic nitrogens is 2. The lowest BCUT2D eigenvalue weighted by Crippen LogP contribution is -2.42. The predicted octanol–water partition coefficient (Wildman–Crippen LogP) is 6.65. The van der Waals surface area contributed by atoms with E-state index >= 15 is 0 Å². The number of anilines is 1. The molecule has 37 heavy (non-hydrogen) atoms. The molecule has 0 fully saturated rings. The van der Waals surface area contributed by atoms with Gasteiger partial charge in [0, 0.05) is 24.1 Å². The van der Waals surface area contributed by atoms with Crippen LogP contribution in [0.2, 0.25) is 10.0 Å². The number of aryl methyl sites for hydroxylation is 1. The Bertz CT molecular complexity index is 1370. The Hall–Kier alpha value is -3.61. The van der Waals surface area contributed by atoms with Crippen molar-refractivity contribution in [2.75, 3.05) is 11.9 Å². The van der Waals surface area contributed by atoms with E-state index in [1.165, 1.54) is 0 Å². The molecule has 0 atom stereocenters. The van der Waals surface area contributed by atoms with Gasteiger partial charge in [-0.3, -0.25) is 9.59 Å². The van der Waals surface area contributed by atoms with Gasteiger partial charge in [0.25, 0.3) is 0 Å². The van der Waals surface area contributed by atoms with Crippen molar-refractivity contribution in [1.29, 1.82) is 0 Å². The average molecular weight is 535 g/mol. The molecule has 190 valence electrons. The van der Waals surface area contributed by atoms with E-state index in [0.29, 0.717) is 40.1 Å². The SMILES string of the molecule is CC(C)N(CC(=O)Nc1cc(-c2ccccc2)nn1-c1ccc(Cl)c(Cl)c1)C(=O)CCc1ccccc1. The molecule has 1 N–H and O–H groups in total. The largest absolute Gasteiger partial charge is 0.331 e. The molecule has 6 nitrogen and oxygen atoms in total. The van der Waals surface area contributed by atoms with Gasteiger partial charge in [-0.25, -0.2) is 4.68 Å². The molecule has 3 aromatic carbocycles. The number of hydrogen-bond donors (Lipinski definition) is 1. The van der Waals surface area contributed by atoms with Crippen molar-refractivity contribution in [3.8, 4) is 16.9 Å². The van der Waals surface area contributed by atoms with Crippen LogP contribution < -0.4 is 5.32 Å². The molecule has 0 aliphatic heterocycles. The molecule has 8 heteroatoms. The summed E-state index contributed by atoms with van der Waals surface area (Å²) in [4.78, 5) is 27.8. The van der Waals surface area contributed by atoms with Crippen molar-refractivity contribution in [3.05, 3.63) is 101 Å². The van der Waals surface area contributed by atoms with E-state index in [9.17, 15) is 9.59 Å². The van der Waals surface area contributed by atoms with Crippen LogP contribution >= 0.6 is 23.2 Å². The zero-order valence-electron chi connectivity index (χ0n) is 20.7. The Morgan fingerprint density at radius 1 is 0.919 bits per heavy atom. The van der Waals surface area contributed by atoms with Crippen LogP contribution in [0.4, 0.5) is 5.82 Å². The van der Waals surface area contributed by atoms with E-state index in [-0.39, 0.29) is 24.4 Å². The van der Waals surface area contributed by atoms with Crippen molar-refractivity contribution in [2.24, 2.45) is 0 Å². The van der Waals surface area contributed by atoms with E-state index in [1.807, 2.05) is 74.5 Å². The summed E-state index contributed by atoms with van der Waals surface area (Å²) < 4.78 is 1.61. The summed E-state index contributed by atoms with van der Waals surface area (Å²) >= 11 is 12.4. The lowest BCUT2D eigenvalue weighted by Gasteiger charge is -2.26. The van der Waals surface area contributed by atoms with E-state index in [0.717, 1.165) is 11.1 Å². The molecule has 2 amide bonds. The number of nitrogens with one attached hydrogen (secondary N) is 1. The van der Waals surface area contributed by atoms with Crippen LogP contribution in [0, 0.1) is 0 Å². The number of carbonyl (C=O) groups is 2. The lowest BCUT2D eigenvalue weighted by molar-refractivity contribution is -0.136. The Kier molecular flexibility index (Phi) is 8.64. The van der Waals surface area contributed by atoms with Crippen molar-refractivity contribution in [1.82, 2.24) is 14.7 Å². The Morgan fingerprint density at radius 2 is 1.59 bits per heavy atom. The van der Waals surface area contributed by atoms with Crippen LogP contribution in [0.5, 0.6) is 0 Å². The van der Waals surface area contributed by atoms with Crippen molar-refractivity contribution in [3.63, 3.8) is 0 Å². The van der Waals surface area contributed by atoms with Crippen LogP contribution in [0.3, 0.4) is 0 Å². The third-order valence-corrected chi connectivity index (χ3v) is 6.66. The summed E-state index contributed by atoms with van der Waals surface area (Å²) in [6.45, 7) is 3.74. The van der Waals surface area contributed by atoms with Crippen molar-refractivity contribution >= 4 is 40.8 Å². The second-order valence-corrected chi connectivity index (χ2v) is 9.75. The van der Waals surface area contributed by atoms with Crippen molar-refractivity contribution in [2.45, 2.75) is 32.7 Å². The summed E-state index contributed by atoms with van der Waals surface area (Å²) in [6, 6.07) is 26.3. The molecule has 0 unspecified atom stereocenters. The standard InChI is InChI=1S/C29H28Cl2N4O2/c1-20(2)34(29(37)16-13-21-9-5-3-6-10-21)19-28(36)32-27-18-26(22-11-7-4-8-12-22)33-35(27)23-14-15-24(30)25(31)17-23/h3-12,14-15,17-18,20H,13,16,19H2,1-2H3,(H,32,36). The third-order valence-electron chi connectivity index (χ3n) is 5.92. The number of benzene rings is 3. The lowest BCUT2D eigenvalue weighted by atomic mass is 10.1. The summed E-state index contributed by atoms with van der Waals surface area (Å²) in [6.07, 6.45) is 0.948. The molecule has 0 radical (unpaired) electrons. The highest BCUT2D eigenvalue weighted by atomic mass is 35.5. The molecule has 1 aromatic heterocycles. The molecule has 0 saturated carbocycles. The number of amides is 2. The van der Waals surface area contributed by atoms with Gasteiger partial charge in [0.15, 0.2) is 0 Å². The molecule has 1 heterocycles. The van der Waals surface area contributed by atoms with Gasteiger partial charge >= 0.3 is 0 Å². The van der Waals surface area contributed by atoms with Gasteiger partial charge in [-0.05, 0) is 44.0 Å². The van der Waals surface area contributed by atoms with E-state index in [2.05, 4.69) is 5.32 Å². The fraction of sp³-hybridized carbons (Fsp3) is 0.207. The van der Waals surface area contributed by atoms with Crippen LogP contribution in [-0.4, -0.2) is 39.1 Å². The van der Waals surface area contributed by atoms with Gasteiger partial charge in [-0.15, -0.1) is 0 Å². The molecular weight excluding hydrogens is 507 g/mol. The normalized spacial score (nSPS) is 10.9. The van der Waals surface area contributed by atoms with E-state index in [4.69, 9.17) is 28.3 Å². The minimum atomic E-state index is -0.317. The monoisotopic (exact) mass is 534 g/mol. The quantitative estimate of drug-likeness (QED) is 0.261. The molecule has 0 saturated heterocycles. The molecule has 0 bridgehead atoms. The predicted molar refractivity (Wildman–Crippen MR) is 149 cm³/mol. The Morgan fingerprint density at radius 3 is 2.24 bits per heavy atom. The van der Waals surface area contributed by atoms with Gasteiger partial charge in [-0.2, -0.15) is 5.10 Å². The number of carbonyl (C=O) groups excluding carboxylic acids is 2. The number of halogens is 2. The highest BCUT2D eigenvalue weighted by Crippen LogP contribution is 2.29. The smallest absolute Gasteiger partial charge is 0.245 e. The average Bonchev–Trinajstić information content (AvgIpc) is 3.32. The van der Waals surface area contributed by atoms with Crippen molar-refractivity contribution < 1.29 is 9.59 Å². The first-order valence-electron chi connectivity index (χ1n) is 12.1. The van der Waals surface area contributed by atoms with Gasteiger partial charge in [0.2, 0.25) is 11.8 Å². The number of nitrogens with zero attached hydrogens (tertiary/aromatic N) is 3. The Balaban J connectivity index is 1.54. The maximum atomic E-state index is 13.2. The second kappa shape index (κ2) is 12.1. The summed E-state index contributed by atoms with van der Waals surface area (Å²) in [5, 5.41) is 8.45. The second-order valence-electron chi connectivity index (χ2n) is 8.94. The van der Waals surface area contributed by atoms with Gasteiger partial charge < -0.3 is 10.2 Å². The first-order valence-corrected chi connectivity index (χ1v) is 12.8. The first-order chi connectivity index (χ1) is 17.8. The van der Waals surface area contributed by atoms with E-state index in [1.54, 1.807) is 33.8 Å². The fourth-order valence-corrected chi connectivity index (χ4v) is 4.26. The van der Waals surface area contributed by atoms with Crippen LogP contribution in [0.15, 0.2) is 84.9 Å². The summed E-state index contributed by atoms with van der Waals surface area (Å²) in [5.41, 5.74) is 3.31. The topological polar surface area (TPSA) is 67.2 Å². The Labute approximate surface area is 226 Å². The van der Waals surface area contributed by atoms with Gasteiger partial charge in [0.05, 0.1) is 21.4 Å². The molecule has 4 rings (SSSR count). The zero-order valence-corrected chi connectivity index (χ0v) is 22.2. The molecule has 0 aliphatic carbocycles. The van der Waals surface area contributed by atoms with Gasteiger partial charge in [0.1, 0.15) is 12.4 Å². The van der Waals surface area contributed by atoms with E-state index < -0.39 is 0 Å². The minimum Gasteiger partial charge on any atom is -0.331 e. The number of rotatable bonds is 9. The minimum absolute atomic E-state index is 0.0709. The highest BCUT2D eigenvalue weighted by molar-refractivity contribution is 6.42. The highest BCUT2D eigenvalue weighted by Gasteiger charge is 2.22. The summed E-state index contributed by atoms with van der Waals surface area (Å²) in [7, 11) is 0. The molecule has 0 aliphatic rings.